The van der Waals surface area contributed by atoms with Gasteiger partial charge in [-0.05, 0) is 6.42 Å². The molecule has 2 N–H and O–H groups in total. The highest BCUT2D eigenvalue weighted by Gasteiger charge is 2.42. The third kappa shape index (κ3) is 2.72. The van der Waals surface area contributed by atoms with E-state index in [1.54, 1.807) is 0 Å². The second-order valence-electron chi connectivity index (χ2n) is 4.26. The van der Waals surface area contributed by atoms with Crippen molar-refractivity contribution < 1.29 is 19.4 Å². The molecule has 1 saturated heterocycles. The summed E-state index contributed by atoms with van der Waals surface area (Å²) in [4.78, 5) is 11.0. The topological polar surface area (TPSA) is 67.8 Å². The maximum Gasteiger partial charge on any atom is 0.217 e. The highest BCUT2D eigenvalue weighted by atomic mass is 16.7. The molecule has 1 fully saturated rings. The van der Waals surface area contributed by atoms with Crippen LogP contribution in [0.4, 0.5) is 0 Å². The zero-order chi connectivity index (χ0) is 12.3. The summed E-state index contributed by atoms with van der Waals surface area (Å²) in [7, 11) is 1.51. The first-order valence-electron chi connectivity index (χ1n) is 5.64. The van der Waals surface area contributed by atoms with Crippen LogP contribution in [0.3, 0.4) is 0 Å². The summed E-state index contributed by atoms with van der Waals surface area (Å²) in [6, 6.07) is -0.500. The summed E-state index contributed by atoms with van der Waals surface area (Å²) in [5.41, 5.74) is 0. The fourth-order valence-corrected chi connectivity index (χ4v) is 2.15. The van der Waals surface area contributed by atoms with E-state index in [1.807, 2.05) is 13.8 Å². The van der Waals surface area contributed by atoms with Gasteiger partial charge in [-0.15, -0.1) is 0 Å². The highest BCUT2D eigenvalue weighted by Crippen LogP contribution is 2.27. The van der Waals surface area contributed by atoms with Gasteiger partial charge in [-0.3, -0.25) is 4.79 Å². The van der Waals surface area contributed by atoms with Gasteiger partial charge in [0.15, 0.2) is 6.29 Å². The van der Waals surface area contributed by atoms with Crippen LogP contribution in [0.1, 0.15) is 27.2 Å². The molecule has 0 aromatic heterocycles. The van der Waals surface area contributed by atoms with Crippen LogP contribution < -0.4 is 5.32 Å². The van der Waals surface area contributed by atoms with Gasteiger partial charge in [0.05, 0.1) is 12.2 Å². The van der Waals surface area contributed by atoms with E-state index in [0.717, 1.165) is 6.42 Å². The minimum Gasteiger partial charge on any atom is -0.390 e. The Bertz CT molecular complexity index is 244. The predicted molar refractivity (Wildman–Crippen MR) is 58.7 cm³/mol. The minimum atomic E-state index is -0.646. The summed E-state index contributed by atoms with van der Waals surface area (Å²) in [6.45, 7) is 5.33. The summed E-state index contributed by atoms with van der Waals surface area (Å²) >= 11 is 0. The smallest absolute Gasteiger partial charge is 0.217 e. The molecule has 0 saturated carbocycles. The molecular formula is C11H21NO4. The average molecular weight is 231 g/mol. The van der Waals surface area contributed by atoms with Crippen molar-refractivity contribution in [1.82, 2.24) is 5.32 Å². The number of carbonyl (C=O) groups is 1. The van der Waals surface area contributed by atoms with Crippen LogP contribution in [0.15, 0.2) is 0 Å². The van der Waals surface area contributed by atoms with Crippen molar-refractivity contribution in [1.29, 1.82) is 0 Å². The van der Waals surface area contributed by atoms with Crippen molar-refractivity contribution in [3.8, 4) is 0 Å². The Labute approximate surface area is 96.1 Å². The van der Waals surface area contributed by atoms with Gasteiger partial charge < -0.3 is 19.9 Å². The molecule has 0 aromatic rings. The molecule has 1 rings (SSSR count). The number of methoxy groups -OCH3 is 1. The molecule has 5 heteroatoms. The predicted octanol–water partition coefficient (Wildman–Crippen LogP) is 0.269. The SMILES string of the molecule is CC[C@H]1OC(OC)C(NC(C)=O)C(O)C1C. The van der Waals surface area contributed by atoms with Crippen molar-refractivity contribution in [2.75, 3.05) is 7.11 Å². The Morgan fingerprint density at radius 2 is 2.19 bits per heavy atom. The van der Waals surface area contributed by atoms with E-state index in [9.17, 15) is 9.90 Å². The third-order valence-electron chi connectivity index (χ3n) is 3.10. The first-order chi connectivity index (χ1) is 7.51. The molecule has 0 aliphatic carbocycles. The number of aliphatic hydroxyl groups excluding tert-OH is 1. The number of ether oxygens (including phenoxy) is 2. The number of rotatable bonds is 3. The maximum absolute atomic E-state index is 11.0. The van der Waals surface area contributed by atoms with Crippen molar-refractivity contribution in [3.63, 3.8) is 0 Å². The Hall–Kier alpha value is -0.650. The minimum absolute atomic E-state index is 0.0201. The molecule has 5 nitrogen and oxygen atoms in total. The molecule has 0 aromatic carbocycles. The quantitative estimate of drug-likeness (QED) is 0.731. The molecule has 4 unspecified atom stereocenters. The lowest BCUT2D eigenvalue weighted by Crippen LogP contribution is -2.60. The number of aliphatic hydroxyl groups is 1. The zero-order valence-corrected chi connectivity index (χ0v) is 10.3. The van der Waals surface area contributed by atoms with Crippen molar-refractivity contribution in [2.24, 2.45) is 5.92 Å². The number of hydrogen-bond acceptors (Lipinski definition) is 4. The van der Waals surface area contributed by atoms with E-state index in [0.29, 0.717) is 0 Å². The third-order valence-corrected chi connectivity index (χ3v) is 3.10. The largest absolute Gasteiger partial charge is 0.390 e. The molecule has 1 aliphatic rings. The fourth-order valence-electron chi connectivity index (χ4n) is 2.15. The van der Waals surface area contributed by atoms with E-state index in [-0.39, 0.29) is 17.9 Å². The molecule has 16 heavy (non-hydrogen) atoms. The molecule has 1 heterocycles. The first kappa shape index (κ1) is 13.4. The highest BCUT2D eigenvalue weighted by molar-refractivity contribution is 5.73. The van der Waals surface area contributed by atoms with Gasteiger partial charge >= 0.3 is 0 Å². The lowest BCUT2D eigenvalue weighted by Gasteiger charge is -2.43. The summed E-state index contributed by atoms with van der Waals surface area (Å²) in [5, 5.41) is 12.8. The zero-order valence-electron chi connectivity index (χ0n) is 10.3. The second kappa shape index (κ2) is 5.61. The van der Waals surface area contributed by atoms with E-state index >= 15 is 0 Å². The Morgan fingerprint density at radius 3 is 2.62 bits per heavy atom. The van der Waals surface area contributed by atoms with E-state index in [1.165, 1.54) is 14.0 Å². The molecule has 1 aliphatic heterocycles. The van der Waals surface area contributed by atoms with Crippen LogP contribution in [0.5, 0.6) is 0 Å². The monoisotopic (exact) mass is 231 g/mol. The number of nitrogens with one attached hydrogen (secondary N) is 1. The molecule has 0 spiro atoms. The van der Waals surface area contributed by atoms with E-state index < -0.39 is 18.4 Å². The molecular weight excluding hydrogens is 210 g/mol. The van der Waals surface area contributed by atoms with Crippen LogP contribution in [0, 0.1) is 5.92 Å². The summed E-state index contributed by atoms with van der Waals surface area (Å²) in [6.07, 6.45) is -0.456. The van der Waals surface area contributed by atoms with Crippen LogP contribution in [-0.2, 0) is 14.3 Å². The van der Waals surface area contributed by atoms with Crippen LogP contribution in [0.25, 0.3) is 0 Å². The van der Waals surface area contributed by atoms with Crippen LogP contribution in [-0.4, -0.2) is 42.7 Å². The molecule has 94 valence electrons. The van der Waals surface area contributed by atoms with E-state index in [4.69, 9.17) is 9.47 Å². The van der Waals surface area contributed by atoms with Gasteiger partial charge in [0.25, 0.3) is 0 Å². The van der Waals surface area contributed by atoms with Crippen molar-refractivity contribution >= 4 is 5.91 Å². The maximum atomic E-state index is 11.0. The van der Waals surface area contributed by atoms with Gasteiger partial charge in [0.1, 0.15) is 6.04 Å². The Balaban J connectivity index is 2.77. The van der Waals surface area contributed by atoms with Gasteiger partial charge in [0.2, 0.25) is 5.91 Å². The Morgan fingerprint density at radius 1 is 1.56 bits per heavy atom. The number of hydrogen-bond donors (Lipinski definition) is 2. The van der Waals surface area contributed by atoms with Crippen molar-refractivity contribution in [2.45, 2.75) is 51.7 Å². The van der Waals surface area contributed by atoms with Gasteiger partial charge in [-0.2, -0.15) is 0 Å². The molecule has 1 amide bonds. The normalized spacial score (nSPS) is 39.4. The van der Waals surface area contributed by atoms with Gasteiger partial charge in [0, 0.05) is 20.0 Å². The molecule has 0 bridgehead atoms. The van der Waals surface area contributed by atoms with E-state index in [2.05, 4.69) is 5.32 Å². The molecule has 5 atom stereocenters. The van der Waals surface area contributed by atoms with Crippen LogP contribution in [0.2, 0.25) is 0 Å². The van der Waals surface area contributed by atoms with Crippen molar-refractivity contribution in [3.05, 3.63) is 0 Å². The fraction of sp³-hybridized carbons (Fsp3) is 0.909. The molecule has 0 radical (unpaired) electrons. The number of amides is 1. The number of carbonyl (C=O) groups excluding carboxylic acids is 1. The van der Waals surface area contributed by atoms with Gasteiger partial charge in [-0.25, -0.2) is 0 Å². The van der Waals surface area contributed by atoms with Gasteiger partial charge in [-0.1, -0.05) is 13.8 Å². The lowest BCUT2D eigenvalue weighted by molar-refractivity contribution is -0.239. The standard InChI is InChI=1S/C11H21NO4/c1-5-8-6(2)10(14)9(12-7(3)13)11(15-4)16-8/h6,8-11,14H,5H2,1-4H3,(H,12,13)/t6?,8-,9?,10?,11?/m1/s1. The lowest BCUT2D eigenvalue weighted by atomic mass is 9.88. The average Bonchev–Trinajstić information content (AvgIpc) is 2.25. The first-order valence-corrected chi connectivity index (χ1v) is 5.64. The second-order valence-corrected chi connectivity index (χ2v) is 4.26. The Kier molecular flexibility index (Phi) is 4.70. The summed E-state index contributed by atoms with van der Waals surface area (Å²) in [5.74, 6) is -0.218. The summed E-state index contributed by atoms with van der Waals surface area (Å²) < 4.78 is 10.8. The van der Waals surface area contributed by atoms with Crippen LogP contribution >= 0.6 is 0 Å².